The largest absolute Gasteiger partial charge is 0.493 e. The van der Waals surface area contributed by atoms with Gasteiger partial charge < -0.3 is 10.5 Å². The van der Waals surface area contributed by atoms with Crippen molar-refractivity contribution >= 4 is 43.2 Å². The van der Waals surface area contributed by atoms with Crippen molar-refractivity contribution in [1.82, 2.24) is 0 Å². The molecular weight excluding hydrogens is 402 g/mol. The minimum atomic E-state index is 0.0661. The lowest BCUT2D eigenvalue weighted by molar-refractivity contribution is 0.357. The van der Waals surface area contributed by atoms with Crippen LogP contribution in [0.25, 0.3) is 0 Å². The van der Waals surface area contributed by atoms with Crippen LogP contribution in [0.5, 0.6) is 5.75 Å². The summed E-state index contributed by atoms with van der Waals surface area (Å²) in [6, 6.07) is 8.66. The minimum Gasteiger partial charge on any atom is -0.493 e. The normalized spacial score (nSPS) is 14.9. The first-order chi connectivity index (χ1) is 9.63. The predicted molar refractivity (Wildman–Crippen MR) is 90.6 cm³/mol. The quantitative estimate of drug-likeness (QED) is 0.773. The standard InChI is InChI=1S/C15H15Br2NOS/c16-14-8-11(15(17)20-14)12(18)3-1-9-2-4-13-10(7-9)5-6-19-13/h2,4,7-8,12H,1,3,5-6,18H2. The van der Waals surface area contributed by atoms with Crippen molar-refractivity contribution in [3.8, 4) is 5.75 Å². The first-order valence-electron chi connectivity index (χ1n) is 6.58. The molecule has 0 spiro atoms. The summed E-state index contributed by atoms with van der Waals surface area (Å²) in [6.45, 7) is 0.814. The van der Waals surface area contributed by atoms with Gasteiger partial charge in [0.1, 0.15) is 5.75 Å². The van der Waals surface area contributed by atoms with Crippen molar-refractivity contribution in [3.05, 3.63) is 48.5 Å². The summed E-state index contributed by atoms with van der Waals surface area (Å²) in [5, 5.41) is 0. The molecule has 3 rings (SSSR count). The summed E-state index contributed by atoms with van der Waals surface area (Å²) >= 11 is 8.75. The van der Waals surface area contributed by atoms with Crippen molar-refractivity contribution in [2.24, 2.45) is 5.73 Å². The number of aryl methyl sites for hydroxylation is 1. The molecule has 0 saturated carbocycles. The fraction of sp³-hybridized carbons (Fsp3) is 0.333. The van der Waals surface area contributed by atoms with Gasteiger partial charge in [-0.05, 0) is 73.5 Å². The second-order valence-corrected chi connectivity index (χ2v) is 8.71. The van der Waals surface area contributed by atoms with E-state index in [2.05, 4.69) is 56.1 Å². The van der Waals surface area contributed by atoms with Crippen LogP contribution in [0, 0.1) is 0 Å². The van der Waals surface area contributed by atoms with Crippen LogP contribution in [-0.4, -0.2) is 6.61 Å². The van der Waals surface area contributed by atoms with Crippen LogP contribution in [0.4, 0.5) is 0 Å². The molecule has 2 heterocycles. The molecule has 1 aromatic carbocycles. The van der Waals surface area contributed by atoms with E-state index in [0.717, 1.165) is 39.2 Å². The van der Waals surface area contributed by atoms with E-state index in [1.165, 1.54) is 16.7 Å². The maximum Gasteiger partial charge on any atom is 0.122 e. The van der Waals surface area contributed by atoms with E-state index in [1.807, 2.05) is 0 Å². The molecular formula is C15H15Br2NOS. The highest BCUT2D eigenvalue weighted by molar-refractivity contribution is 9.12. The third-order valence-corrected chi connectivity index (χ3v) is 5.97. The highest BCUT2D eigenvalue weighted by atomic mass is 79.9. The fourth-order valence-electron chi connectivity index (χ4n) is 2.48. The van der Waals surface area contributed by atoms with Crippen LogP contribution in [-0.2, 0) is 12.8 Å². The Morgan fingerprint density at radius 2 is 2.15 bits per heavy atom. The molecule has 106 valence electrons. The average Bonchev–Trinajstić information content (AvgIpc) is 3.01. The van der Waals surface area contributed by atoms with Crippen molar-refractivity contribution in [3.63, 3.8) is 0 Å². The summed E-state index contributed by atoms with van der Waals surface area (Å²) in [7, 11) is 0. The van der Waals surface area contributed by atoms with Gasteiger partial charge in [0, 0.05) is 12.5 Å². The van der Waals surface area contributed by atoms with E-state index in [9.17, 15) is 0 Å². The minimum absolute atomic E-state index is 0.0661. The van der Waals surface area contributed by atoms with Crippen LogP contribution < -0.4 is 10.5 Å². The number of halogens is 2. The number of thiophene rings is 1. The Labute approximate surface area is 139 Å². The van der Waals surface area contributed by atoms with Crippen LogP contribution in [0.1, 0.15) is 29.2 Å². The van der Waals surface area contributed by atoms with Crippen molar-refractivity contribution in [2.75, 3.05) is 6.61 Å². The van der Waals surface area contributed by atoms with Gasteiger partial charge in [-0.1, -0.05) is 12.1 Å². The lowest BCUT2D eigenvalue weighted by atomic mass is 10.00. The molecule has 2 N–H and O–H groups in total. The lowest BCUT2D eigenvalue weighted by Gasteiger charge is -2.11. The average molecular weight is 417 g/mol. The van der Waals surface area contributed by atoms with Crippen LogP contribution in [0.2, 0.25) is 0 Å². The van der Waals surface area contributed by atoms with Crippen molar-refractivity contribution < 1.29 is 4.74 Å². The zero-order chi connectivity index (χ0) is 14.1. The molecule has 2 aromatic rings. The molecule has 1 aromatic heterocycles. The van der Waals surface area contributed by atoms with Gasteiger partial charge in [-0.2, -0.15) is 0 Å². The number of fused-ring (bicyclic) bond motifs is 1. The number of hydrogen-bond donors (Lipinski definition) is 1. The SMILES string of the molecule is NC(CCc1ccc2c(c1)CCO2)c1cc(Br)sc1Br. The third-order valence-electron chi connectivity index (χ3n) is 3.58. The van der Waals surface area contributed by atoms with Crippen molar-refractivity contribution in [2.45, 2.75) is 25.3 Å². The molecule has 5 heteroatoms. The van der Waals surface area contributed by atoms with Crippen LogP contribution in [0.3, 0.4) is 0 Å². The highest BCUT2D eigenvalue weighted by Gasteiger charge is 2.15. The number of hydrogen-bond acceptors (Lipinski definition) is 3. The molecule has 0 amide bonds. The van der Waals surface area contributed by atoms with Gasteiger partial charge in [0.15, 0.2) is 0 Å². The molecule has 1 aliphatic heterocycles. The Morgan fingerprint density at radius 1 is 1.30 bits per heavy atom. The lowest BCUT2D eigenvalue weighted by Crippen LogP contribution is -2.11. The Hall–Kier alpha value is -0.360. The molecule has 1 unspecified atom stereocenters. The maximum absolute atomic E-state index is 6.30. The van der Waals surface area contributed by atoms with E-state index in [-0.39, 0.29) is 6.04 Å². The molecule has 1 atom stereocenters. The molecule has 0 radical (unpaired) electrons. The highest BCUT2D eigenvalue weighted by Crippen LogP contribution is 2.36. The Bertz CT molecular complexity index is 626. The number of nitrogens with two attached hydrogens (primary N) is 1. The second-order valence-electron chi connectivity index (χ2n) is 4.97. The van der Waals surface area contributed by atoms with Gasteiger partial charge in [-0.15, -0.1) is 11.3 Å². The molecule has 1 aliphatic rings. The first kappa shape index (κ1) is 14.6. The molecule has 2 nitrogen and oxygen atoms in total. The Balaban J connectivity index is 1.66. The van der Waals surface area contributed by atoms with Crippen LogP contribution in [0.15, 0.2) is 31.8 Å². The van der Waals surface area contributed by atoms with Gasteiger partial charge in [-0.3, -0.25) is 0 Å². The molecule has 0 fully saturated rings. The van der Waals surface area contributed by atoms with Gasteiger partial charge >= 0.3 is 0 Å². The number of rotatable bonds is 4. The smallest absolute Gasteiger partial charge is 0.122 e. The summed E-state index contributed by atoms with van der Waals surface area (Å²) in [4.78, 5) is 0. The van der Waals surface area contributed by atoms with Crippen LogP contribution >= 0.6 is 43.2 Å². The summed E-state index contributed by atoms with van der Waals surface area (Å²) in [5.74, 6) is 1.04. The first-order valence-corrected chi connectivity index (χ1v) is 8.98. The topological polar surface area (TPSA) is 35.2 Å². The predicted octanol–water partition coefficient (Wildman–Crippen LogP) is 4.84. The number of benzene rings is 1. The van der Waals surface area contributed by atoms with Crippen molar-refractivity contribution in [1.29, 1.82) is 0 Å². The van der Waals surface area contributed by atoms with Gasteiger partial charge in [0.05, 0.1) is 14.2 Å². The zero-order valence-corrected chi connectivity index (χ0v) is 14.9. The van der Waals surface area contributed by atoms with Gasteiger partial charge in [-0.25, -0.2) is 0 Å². The molecule has 20 heavy (non-hydrogen) atoms. The van der Waals surface area contributed by atoms with E-state index >= 15 is 0 Å². The zero-order valence-electron chi connectivity index (χ0n) is 10.9. The van der Waals surface area contributed by atoms with Gasteiger partial charge in [0.2, 0.25) is 0 Å². The Morgan fingerprint density at radius 3 is 2.90 bits per heavy atom. The third kappa shape index (κ3) is 3.11. The maximum atomic E-state index is 6.30. The molecule has 0 aliphatic carbocycles. The fourth-order valence-corrected chi connectivity index (χ4v) is 5.48. The number of ether oxygens (including phenoxy) is 1. The van der Waals surface area contributed by atoms with E-state index in [1.54, 1.807) is 11.3 Å². The summed E-state index contributed by atoms with van der Waals surface area (Å²) < 4.78 is 7.77. The van der Waals surface area contributed by atoms with E-state index < -0.39 is 0 Å². The Kier molecular flexibility index (Phi) is 4.50. The monoisotopic (exact) mass is 415 g/mol. The summed E-state index contributed by atoms with van der Waals surface area (Å²) in [5.41, 5.74) is 10.2. The molecule has 0 bridgehead atoms. The van der Waals surface area contributed by atoms with E-state index in [4.69, 9.17) is 10.5 Å². The molecule has 0 saturated heterocycles. The summed E-state index contributed by atoms with van der Waals surface area (Å²) in [6.07, 6.45) is 2.97. The second kappa shape index (κ2) is 6.18. The van der Waals surface area contributed by atoms with E-state index in [0.29, 0.717) is 0 Å². The van der Waals surface area contributed by atoms with Gasteiger partial charge in [0.25, 0.3) is 0 Å².